The zero-order valence-corrected chi connectivity index (χ0v) is 11.6. The molecule has 0 radical (unpaired) electrons. The summed E-state index contributed by atoms with van der Waals surface area (Å²) >= 11 is 0. The Bertz CT molecular complexity index is 254. The molecule has 4 nitrogen and oxygen atoms in total. The fraction of sp³-hybridized carbons (Fsp3) is 0.917. The first-order chi connectivity index (χ1) is 7.68. The van der Waals surface area contributed by atoms with Gasteiger partial charge in [0, 0.05) is 25.7 Å². The average Bonchev–Trinajstić information content (AvgIpc) is 2.78. The molecule has 2 aliphatic heterocycles. The van der Waals surface area contributed by atoms with E-state index in [-0.39, 0.29) is 18.3 Å². The molecular weight excluding hydrogens is 238 g/mol. The molecule has 0 spiro atoms. The largest absolute Gasteiger partial charge is 0.341 e. The van der Waals surface area contributed by atoms with Crippen molar-refractivity contribution >= 4 is 18.3 Å². The first kappa shape index (κ1) is 14.7. The molecule has 2 atom stereocenters. The van der Waals surface area contributed by atoms with E-state index >= 15 is 0 Å². The number of piperidine rings is 1. The fourth-order valence-electron chi connectivity index (χ4n) is 2.68. The number of halogens is 1. The molecule has 1 amide bonds. The van der Waals surface area contributed by atoms with Crippen molar-refractivity contribution in [3.8, 4) is 0 Å². The molecular formula is C12H24ClN3O. The Labute approximate surface area is 110 Å². The topological polar surface area (TPSA) is 35.6 Å². The van der Waals surface area contributed by atoms with E-state index in [9.17, 15) is 4.79 Å². The van der Waals surface area contributed by atoms with Crippen LogP contribution in [-0.2, 0) is 4.79 Å². The van der Waals surface area contributed by atoms with Crippen LogP contribution in [0.15, 0.2) is 0 Å². The number of rotatable bonds is 2. The normalized spacial score (nSPS) is 29.2. The Balaban J connectivity index is 0.00000144. The predicted molar refractivity (Wildman–Crippen MR) is 71.5 cm³/mol. The van der Waals surface area contributed by atoms with Crippen LogP contribution in [0.3, 0.4) is 0 Å². The van der Waals surface area contributed by atoms with Gasteiger partial charge < -0.3 is 15.1 Å². The standard InChI is InChI=1S/C12H23N3O.ClH/c1-14(2)11-5-7-15(9-11)12(16)10-4-3-6-13-8-10;/h10-11,13H,3-9H2,1-2H3;1H/t10-,11?;/m1./s1. The minimum atomic E-state index is 0. The highest BCUT2D eigenvalue weighted by Gasteiger charge is 2.31. The number of nitrogens with zero attached hydrogens (tertiary/aromatic N) is 2. The van der Waals surface area contributed by atoms with Crippen LogP contribution in [0.25, 0.3) is 0 Å². The number of likely N-dealkylation sites (tertiary alicyclic amines) is 1. The van der Waals surface area contributed by atoms with Crippen LogP contribution in [0.2, 0.25) is 0 Å². The molecule has 17 heavy (non-hydrogen) atoms. The first-order valence-electron chi connectivity index (χ1n) is 6.34. The van der Waals surface area contributed by atoms with Crippen LogP contribution in [0.4, 0.5) is 0 Å². The lowest BCUT2D eigenvalue weighted by Crippen LogP contribution is -2.43. The summed E-state index contributed by atoms with van der Waals surface area (Å²) < 4.78 is 0. The molecule has 1 unspecified atom stereocenters. The molecule has 2 fully saturated rings. The van der Waals surface area contributed by atoms with Crippen molar-refractivity contribution in [2.45, 2.75) is 25.3 Å². The monoisotopic (exact) mass is 261 g/mol. The highest BCUT2D eigenvalue weighted by atomic mass is 35.5. The Morgan fingerprint density at radius 2 is 2.12 bits per heavy atom. The minimum absolute atomic E-state index is 0. The van der Waals surface area contributed by atoms with E-state index in [1.165, 1.54) is 0 Å². The lowest BCUT2D eigenvalue weighted by molar-refractivity contribution is -0.135. The Morgan fingerprint density at radius 1 is 1.35 bits per heavy atom. The van der Waals surface area contributed by atoms with E-state index in [0.717, 1.165) is 45.4 Å². The van der Waals surface area contributed by atoms with Gasteiger partial charge in [-0.3, -0.25) is 4.79 Å². The summed E-state index contributed by atoms with van der Waals surface area (Å²) in [6.45, 7) is 3.81. The van der Waals surface area contributed by atoms with Crippen molar-refractivity contribution < 1.29 is 4.79 Å². The van der Waals surface area contributed by atoms with Crippen LogP contribution < -0.4 is 5.32 Å². The predicted octanol–water partition coefficient (Wildman–Crippen LogP) is 0.570. The summed E-state index contributed by atoms with van der Waals surface area (Å²) in [4.78, 5) is 16.5. The lowest BCUT2D eigenvalue weighted by atomic mass is 9.98. The molecule has 0 aromatic carbocycles. The van der Waals surface area contributed by atoms with E-state index < -0.39 is 0 Å². The zero-order valence-electron chi connectivity index (χ0n) is 10.8. The number of amides is 1. The van der Waals surface area contributed by atoms with E-state index in [1.807, 2.05) is 0 Å². The number of hydrogen-bond donors (Lipinski definition) is 1. The maximum atomic E-state index is 12.2. The van der Waals surface area contributed by atoms with Gasteiger partial charge in [-0.1, -0.05) is 0 Å². The molecule has 0 aliphatic carbocycles. The van der Waals surface area contributed by atoms with Gasteiger partial charge in [0.05, 0.1) is 5.92 Å². The summed E-state index contributed by atoms with van der Waals surface area (Å²) in [7, 11) is 4.20. The van der Waals surface area contributed by atoms with Crippen molar-refractivity contribution in [2.75, 3.05) is 40.3 Å². The average molecular weight is 262 g/mol. The lowest BCUT2D eigenvalue weighted by Gasteiger charge is -2.27. The van der Waals surface area contributed by atoms with Crippen molar-refractivity contribution in [3.63, 3.8) is 0 Å². The van der Waals surface area contributed by atoms with Crippen molar-refractivity contribution in [1.29, 1.82) is 0 Å². The van der Waals surface area contributed by atoms with Gasteiger partial charge in [-0.25, -0.2) is 0 Å². The van der Waals surface area contributed by atoms with E-state index in [1.54, 1.807) is 0 Å². The Morgan fingerprint density at radius 3 is 2.65 bits per heavy atom. The van der Waals surface area contributed by atoms with E-state index in [4.69, 9.17) is 0 Å². The van der Waals surface area contributed by atoms with Crippen LogP contribution in [-0.4, -0.2) is 62.0 Å². The number of hydrogen-bond acceptors (Lipinski definition) is 3. The van der Waals surface area contributed by atoms with E-state index in [2.05, 4.69) is 29.2 Å². The van der Waals surface area contributed by atoms with E-state index in [0.29, 0.717) is 11.9 Å². The third-order valence-electron chi connectivity index (χ3n) is 3.85. The molecule has 0 aromatic rings. The highest BCUT2D eigenvalue weighted by molar-refractivity contribution is 5.85. The minimum Gasteiger partial charge on any atom is -0.341 e. The summed E-state index contributed by atoms with van der Waals surface area (Å²) in [5.74, 6) is 0.603. The van der Waals surface area contributed by atoms with Gasteiger partial charge in [0.15, 0.2) is 0 Å². The van der Waals surface area contributed by atoms with Gasteiger partial charge in [0.1, 0.15) is 0 Å². The molecule has 2 aliphatic rings. The maximum Gasteiger partial charge on any atom is 0.227 e. The van der Waals surface area contributed by atoms with Gasteiger partial charge in [-0.15, -0.1) is 12.4 Å². The Hall–Kier alpha value is -0.320. The third kappa shape index (κ3) is 3.57. The van der Waals surface area contributed by atoms with Crippen molar-refractivity contribution in [2.24, 2.45) is 5.92 Å². The molecule has 2 heterocycles. The summed E-state index contributed by atoms with van der Waals surface area (Å²) in [5.41, 5.74) is 0. The summed E-state index contributed by atoms with van der Waals surface area (Å²) in [6, 6.07) is 0.556. The second kappa shape index (κ2) is 6.57. The van der Waals surface area contributed by atoms with Gasteiger partial charge in [0.2, 0.25) is 5.91 Å². The smallest absolute Gasteiger partial charge is 0.227 e. The van der Waals surface area contributed by atoms with Crippen LogP contribution in [0.5, 0.6) is 0 Å². The maximum absolute atomic E-state index is 12.2. The molecule has 0 bridgehead atoms. The summed E-state index contributed by atoms with van der Waals surface area (Å²) in [6.07, 6.45) is 3.33. The molecule has 100 valence electrons. The van der Waals surface area contributed by atoms with Crippen molar-refractivity contribution in [1.82, 2.24) is 15.1 Å². The van der Waals surface area contributed by atoms with Gasteiger partial charge in [0.25, 0.3) is 0 Å². The highest BCUT2D eigenvalue weighted by Crippen LogP contribution is 2.19. The Kier molecular flexibility index (Phi) is 5.70. The van der Waals surface area contributed by atoms with Crippen LogP contribution >= 0.6 is 12.4 Å². The third-order valence-corrected chi connectivity index (χ3v) is 3.85. The number of carbonyl (C=O) groups excluding carboxylic acids is 1. The first-order valence-corrected chi connectivity index (χ1v) is 6.34. The van der Waals surface area contributed by atoms with Crippen LogP contribution in [0.1, 0.15) is 19.3 Å². The molecule has 5 heteroatoms. The van der Waals surface area contributed by atoms with Crippen LogP contribution in [0, 0.1) is 5.92 Å². The molecule has 1 N–H and O–H groups in total. The SMILES string of the molecule is CN(C)C1CCN(C(=O)[C@@H]2CCCNC2)C1.Cl. The van der Waals surface area contributed by atoms with Gasteiger partial charge in [-0.05, 0) is 39.9 Å². The van der Waals surface area contributed by atoms with Gasteiger partial charge in [-0.2, -0.15) is 0 Å². The number of nitrogens with one attached hydrogen (secondary N) is 1. The molecule has 0 aromatic heterocycles. The number of carbonyl (C=O) groups is 1. The number of likely N-dealkylation sites (N-methyl/N-ethyl adjacent to an activating group) is 1. The molecule has 2 saturated heterocycles. The zero-order chi connectivity index (χ0) is 11.5. The second-order valence-corrected chi connectivity index (χ2v) is 5.23. The fourth-order valence-corrected chi connectivity index (χ4v) is 2.68. The van der Waals surface area contributed by atoms with Crippen molar-refractivity contribution in [3.05, 3.63) is 0 Å². The summed E-state index contributed by atoms with van der Waals surface area (Å²) in [5, 5.41) is 3.32. The van der Waals surface area contributed by atoms with Gasteiger partial charge >= 0.3 is 0 Å². The second-order valence-electron chi connectivity index (χ2n) is 5.23. The quantitative estimate of drug-likeness (QED) is 0.790. The molecule has 0 saturated carbocycles. The molecule has 2 rings (SSSR count).